The number of anilines is 1. The number of amides is 2. The SMILES string of the molecule is O=C(Nc1ccccc1)/C(=C\c1ccccc1)NC(=O)c1cccc([N+](=O)[O-])c1. The number of carbonyl (C=O) groups excluding carboxylic acids is 2. The lowest BCUT2D eigenvalue weighted by molar-refractivity contribution is -0.384. The highest BCUT2D eigenvalue weighted by Crippen LogP contribution is 2.15. The van der Waals surface area contributed by atoms with Crippen LogP contribution in [0.25, 0.3) is 6.08 Å². The molecule has 2 amide bonds. The van der Waals surface area contributed by atoms with Gasteiger partial charge < -0.3 is 10.6 Å². The lowest BCUT2D eigenvalue weighted by Crippen LogP contribution is -2.30. The fourth-order valence-corrected chi connectivity index (χ4v) is 2.55. The summed E-state index contributed by atoms with van der Waals surface area (Å²) in [5.41, 5.74) is 1.16. The largest absolute Gasteiger partial charge is 0.321 e. The highest BCUT2D eigenvalue weighted by atomic mass is 16.6. The maximum absolute atomic E-state index is 12.8. The van der Waals surface area contributed by atoms with Crippen LogP contribution < -0.4 is 10.6 Å². The molecule has 29 heavy (non-hydrogen) atoms. The summed E-state index contributed by atoms with van der Waals surface area (Å²) in [5, 5.41) is 16.2. The lowest BCUT2D eigenvalue weighted by Gasteiger charge is -2.11. The predicted molar refractivity (Wildman–Crippen MR) is 110 cm³/mol. The van der Waals surface area contributed by atoms with Crippen molar-refractivity contribution in [3.05, 3.63) is 112 Å². The maximum atomic E-state index is 12.8. The molecule has 2 N–H and O–H groups in total. The molecule has 0 aliphatic carbocycles. The van der Waals surface area contributed by atoms with Crippen molar-refractivity contribution >= 4 is 29.3 Å². The zero-order valence-corrected chi connectivity index (χ0v) is 15.2. The molecule has 7 nitrogen and oxygen atoms in total. The number of nitrogens with one attached hydrogen (secondary N) is 2. The molecule has 0 aromatic heterocycles. The van der Waals surface area contributed by atoms with Gasteiger partial charge in [0.25, 0.3) is 17.5 Å². The molecular weight excluding hydrogens is 370 g/mol. The van der Waals surface area contributed by atoms with E-state index in [0.717, 1.165) is 6.07 Å². The molecule has 0 heterocycles. The van der Waals surface area contributed by atoms with E-state index < -0.39 is 16.7 Å². The van der Waals surface area contributed by atoms with Crippen LogP contribution in [-0.2, 0) is 4.79 Å². The van der Waals surface area contributed by atoms with Gasteiger partial charge in [-0.1, -0.05) is 54.6 Å². The number of hydrogen-bond acceptors (Lipinski definition) is 4. The van der Waals surface area contributed by atoms with Crippen LogP contribution in [0.2, 0.25) is 0 Å². The van der Waals surface area contributed by atoms with E-state index in [1.807, 2.05) is 12.1 Å². The summed E-state index contributed by atoms with van der Waals surface area (Å²) in [6.45, 7) is 0. The van der Waals surface area contributed by atoms with Crippen molar-refractivity contribution in [2.24, 2.45) is 0 Å². The molecule has 0 spiro atoms. The second kappa shape index (κ2) is 9.09. The summed E-state index contributed by atoms with van der Waals surface area (Å²) in [6.07, 6.45) is 1.54. The Hall–Kier alpha value is -4.26. The molecule has 0 radical (unpaired) electrons. The van der Waals surface area contributed by atoms with Gasteiger partial charge in [0.1, 0.15) is 5.70 Å². The Kier molecular flexibility index (Phi) is 6.12. The summed E-state index contributed by atoms with van der Waals surface area (Å²) >= 11 is 0. The van der Waals surface area contributed by atoms with E-state index >= 15 is 0 Å². The van der Waals surface area contributed by atoms with Gasteiger partial charge in [0.15, 0.2) is 0 Å². The highest BCUT2D eigenvalue weighted by molar-refractivity contribution is 6.10. The number of rotatable bonds is 6. The topological polar surface area (TPSA) is 101 Å². The van der Waals surface area contributed by atoms with Crippen LogP contribution in [0.4, 0.5) is 11.4 Å². The first kappa shape index (κ1) is 19.5. The smallest absolute Gasteiger partial charge is 0.272 e. The fourth-order valence-electron chi connectivity index (χ4n) is 2.55. The van der Waals surface area contributed by atoms with Gasteiger partial charge in [-0.05, 0) is 29.8 Å². The Bertz CT molecular complexity index is 1060. The number of carbonyl (C=O) groups is 2. The summed E-state index contributed by atoms with van der Waals surface area (Å²) in [4.78, 5) is 35.7. The zero-order valence-electron chi connectivity index (χ0n) is 15.2. The second-order valence-corrected chi connectivity index (χ2v) is 6.05. The minimum Gasteiger partial charge on any atom is -0.321 e. The summed E-state index contributed by atoms with van der Waals surface area (Å²) < 4.78 is 0. The van der Waals surface area contributed by atoms with Gasteiger partial charge in [-0.2, -0.15) is 0 Å². The summed E-state index contributed by atoms with van der Waals surface area (Å²) in [7, 11) is 0. The third-order valence-corrected chi connectivity index (χ3v) is 3.95. The number of non-ortho nitro benzene ring substituents is 1. The van der Waals surface area contributed by atoms with E-state index in [9.17, 15) is 19.7 Å². The molecule has 0 bridgehead atoms. The molecule has 0 saturated carbocycles. The first-order valence-corrected chi connectivity index (χ1v) is 8.72. The molecule has 7 heteroatoms. The molecule has 3 rings (SSSR count). The number of nitro benzene ring substituents is 1. The number of nitrogens with zero attached hydrogens (tertiary/aromatic N) is 1. The van der Waals surface area contributed by atoms with Crippen LogP contribution in [0.15, 0.2) is 90.6 Å². The predicted octanol–water partition coefficient (Wildman–Crippen LogP) is 4.00. The fraction of sp³-hybridized carbons (Fsp3) is 0. The van der Waals surface area contributed by atoms with Crippen molar-refractivity contribution in [2.45, 2.75) is 0 Å². The van der Waals surface area contributed by atoms with Crippen LogP contribution >= 0.6 is 0 Å². The molecule has 0 saturated heterocycles. The third kappa shape index (κ3) is 5.36. The monoisotopic (exact) mass is 387 g/mol. The van der Waals surface area contributed by atoms with Gasteiger partial charge in [0.2, 0.25) is 0 Å². The Morgan fingerprint density at radius 2 is 1.52 bits per heavy atom. The van der Waals surface area contributed by atoms with Crippen molar-refractivity contribution in [3.8, 4) is 0 Å². The molecule has 0 atom stereocenters. The zero-order chi connectivity index (χ0) is 20.6. The van der Waals surface area contributed by atoms with Crippen molar-refractivity contribution in [3.63, 3.8) is 0 Å². The minimum atomic E-state index is -0.626. The van der Waals surface area contributed by atoms with Gasteiger partial charge in [0.05, 0.1) is 4.92 Å². The van der Waals surface area contributed by atoms with E-state index in [2.05, 4.69) is 10.6 Å². The van der Waals surface area contributed by atoms with Crippen LogP contribution in [0.3, 0.4) is 0 Å². The number of benzene rings is 3. The van der Waals surface area contributed by atoms with Crippen LogP contribution in [0.1, 0.15) is 15.9 Å². The van der Waals surface area contributed by atoms with Crippen molar-refractivity contribution in [2.75, 3.05) is 5.32 Å². The van der Waals surface area contributed by atoms with Gasteiger partial charge in [-0.3, -0.25) is 19.7 Å². The Morgan fingerprint density at radius 1 is 0.862 bits per heavy atom. The standard InChI is InChI=1S/C22H17N3O4/c26-21(17-10-7-13-19(15-17)25(28)29)24-20(14-16-8-3-1-4-9-16)22(27)23-18-11-5-2-6-12-18/h1-15H,(H,23,27)(H,24,26)/b20-14+. The summed E-state index contributed by atoms with van der Waals surface area (Å²) in [5.74, 6) is -1.14. The van der Waals surface area contributed by atoms with Crippen LogP contribution in [0, 0.1) is 10.1 Å². The van der Waals surface area contributed by atoms with E-state index in [0.29, 0.717) is 11.3 Å². The molecule has 0 fully saturated rings. The highest BCUT2D eigenvalue weighted by Gasteiger charge is 2.17. The number of nitro groups is 1. The Balaban J connectivity index is 1.88. The minimum absolute atomic E-state index is 0.0107. The van der Waals surface area contributed by atoms with Gasteiger partial charge in [-0.15, -0.1) is 0 Å². The van der Waals surface area contributed by atoms with Crippen molar-refractivity contribution in [1.82, 2.24) is 5.32 Å². The Morgan fingerprint density at radius 3 is 2.17 bits per heavy atom. The van der Waals surface area contributed by atoms with Crippen LogP contribution in [0.5, 0.6) is 0 Å². The normalized spacial score (nSPS) is 10.8. The number of para-hydroxylation sites is 1. The van der Waals surface area contributed by atoms with Crippen molar-refractivity contribution in [1.29, 1.82) is 0 Å². The molecule has 144 valence electrons. The quantitative estimate of drug-likeness (QED) is 0.379. The molecule has 3 aromatic rings. The van der Waals surface area contributed by atoms with Crippen molar-refractivity contribution < 1.29 is 14.5 Å². The van der Waals surface area contributed by atoms with E-state index in [1.54, 1.807) is 48.5 Å². The first-order chi connectivity index (χ1) is 14.0. The second-order valence-electron chi connectivity index (χ2n) is 6.05. The molecule has 0 aliphatic heterocycles. The Labute approximate surface area is 166 Å². The number of hydrogen-bond donors (Lipinski definition) is 2. The first-order valence-electron chi connectivity index (χ1n) is 8.72. The van der Waals surface area contributed by atoms with Gasteiger partial charge in [-0.25, -0.2) is 0 Å². The van der Waals surface area contributed by atoms with E-state index in [1.165, 1.54) is 24.3 Å². The van der Waals surface area contributed by atoms with E-state index in [-0.39, 0.29) is 16.9 Å². The van der Waals surface area contributed by atoms with Gasteiger partial charge >= 0.3 is 0 Å². The molecular formula is C22H17N3O4. The summed E-state index contributed by atoms with van der Waals surface area (Å²) in [6, 6.07) is 23.1. The average Bonchev–Trinajstić information content (AvgIpc) is 2.74. The molecule has 0 aliphatic rings. The third-order valence-electron chi connectivity index (χ3n) is 3.95. The molecule has 3 aromatic carbocycles. The average molecular weight is 387 g/mol. The van der Waals surface area contributed by atoms with E-state index in [4.69, 9.17) is 0 Å². The van der Waals surface area contributed by atoms with Gasteiger partial charge in [0, 0.05) is 23.4 Å². The lowest BCUT2D eigenvalue weighted by atomic mass is 10.1. The maximum Gasteiger partial charge on any atom is 0.272 e. The molecule has 0 unspecified atom stereocenters. The van der Waals surface area contributed by atoms with Crippen LogP contribution in [-0.4, -0.2) is 16.7 Å².